The van der Waals surface area contributed by atoms with Crippen LogP contribution in [0.15, 0.2) is 67.4 Å². The molecule has 2 heterocycles. The lowest BCUT2D eigenvalue weighted by Crippen LogP contribution is -2.00. The van der Waals surface area contributed by atoms with E-state index >= 15 is 0 Å². The van der Waals surface area contributed by atoms with Gasteiger partial charge in [0.1, 0.15) is 5.58 Å². The Balaban J connectivity index is 1.58. The summed E-state index contributed by atoms with van der Waals surface area (Å²) >= 11 is 7.37. The molecule has 4 rings (SSSR count). The van der Waals surface area contributed by atoms with E-state index in [0.29, 0.717) is 27.5 Å². The molecule has 0 atom stereocenters. The molecule has 0 spiro atoms. The predicted octanol–water partition coefficient (Wildman–Crippen LogP) is 5.35. The Bertz CT molecular complexity index is 1170. The predicted molar refractivity (Wildman–Crippen MR) is 106 cm³/mol. The first kappa shape index (κ1) is 17.8. The molecule has 0 bridgehead atoms. The third-order valence-electron chi connectivity index (χ3n) is 4.13. The van der Waals surface area contributed by atoms with E-state index in [4.69, 9.17) is 20.4 Å². The molecule has 7 heteroatoms. The topological polar surface area (TPSA) is 69.1 Å². The average molecular weight is 399 g/mol. The number of hydrogen-bond acceptors (Lipinski definition) is 6. The Morgan fingerprint density at radius 1 is 1.07 bits per heavy atom. The maximum atomic E-state index is 11.9. The second-order valence-corrected chi connectivity index (χ2v) is 7.31. The highest BCUT2D eigenvalue weighted by atomic mass is 35.5. The zero-order chi connectivity index (χ0) is 18.8. The van der Waals surface area contributed by atoms with Crippen molar-refractivity contribution in [3.63, 3.8) is 0 Å². The molecule has 0 radical (unpaired) electrons. The van der Waals surface area contributed by atoms with Gasteiger partial charge in [-0.1, -0.05) is 48.5 Å². The molecule has 2 aromatic heterocycles. The fourth-order valence-corrected chi connectivity index (χ4v) is 3.70. The number of aryl methyl sites for hydroxylation is 1. The molecule has 27 heavy (non-hydrogen) atoms. The fourth-order valence-electron chi connectivity index (χ4n) is 2.76. The molecular formula is C20H15ClN2O3S. The smallest absolute Gasteiger partial charge is 0.336 e. The monoisotopic (exact) mass is 398 g/mol. The van der Waals surface area contributed by atoms with Crippen LogP contribution in [-0.2, 0) is 12.2 Å². The summed E-state index contributed by atoms with van der Waals surface area (Å²) in [4.78, 5) is 11.9. The van der Waals surface area contributed by atoms with Gasteiger partial charge >= 0.3 is 5.63 Å². The van der Waals surface area contributed by atoms with Crippen molar-refractivity contribution >= 4 is 34.3 Å². The highest BCUT2D eigenvalue weighted by molar-refractivity contribution is 7.98. The third-order valence-corrected chi connectivity index (χ3v) is 5.23. The van der Waals surface area contributed by atoms with E-state index in [1.165, 1.54) is 17.8 Å². The zero-order valence-electron chi connectivity index (χ0n) is 14.4. The molecule has 0 aliphatic rings. The maximum absolute atomic E-state index is 11.9. The molecule has 2 aromatic carbocycles. The number of nitrogens with zero attached hydrogens (tertiary/aromatic N) is 2. The molecule has 5 nitrogen and oxygen atoms in total. The van der Waals surface area contributed by atoms with Gasteiger partial charge in [-0.15, -0.1) is 10.2 Å². The maximum Gasteiger partial charge on any atom is 0.336 e. The Hall–Kier alpha value is -2.57. The van der Waals surface area contributed by atoms with Crippen molar-refractivity contribution in [2.75, 3.05) is 0 Å². The largest absolute Gasteiger partial charge is 0.423 e. The van der Waals surface area contributed by atoms with Gasteiger partial charge in [0, 0.05) is 27.8 Å². The fraction of sp³-hybridized carbons (Fsp3) is 0.150. The van der Waals surface area contributed by atoms with E-state index in [0.717, 1.165) is 28.5 Å². The Morgan fingerprint density at radius 3 is 2.78 bits per heavy atom. The molecule has 0 N–H and O–H groups in total. The van der Waals surface area contributed by atoms with E-state index in [1.54, 1.807) is 12.1 Å². The molecule has 4 aromatic rings. The molecule has 0 fully saturated rings. The number of thioether (sulfide) groups is 1. The molecule has 136 valence electrons. The van der Waals surface area contributed by atoms with Crippen molar-refractivity contribution in [2.45, 2.75) is 24.3 Å². The molecule has 0 aliphatic carbocycles. The summed E-state index contributed by atoms with van der Waals surface area (Å²) in [6, 6.07) is 14.7. The summed E-state index contributed by atoms with van der Waals surface area (Å²) in [6.07, 6.45) is 0.882. The first-order valence-electron chi connectivity index (χ1n) is 8.40. The lowest BCUT2D eigenvalue weighted by molar-refractivity contribution is 0.466. The zero-order valence-corrected chi connectivity index (χ0v) is 16.0. The van der Waals surface area contributed by atoms with Gasteiger partial charge in [-0.05, 0) is 41.8 Å². The van der Waals surface area contributed by atoms with E-state index in [-0.39, 0.29) is 5.63 Å². The van der Waals surface area contributed by atoms with Gasteiger partial charge in [-0.2, -0.15) is 0 Å². The van der Waals surface area contributed by atoms with Crippen LogP contribution in [0, 0.1) is 0 Å². The Labute approximate surface area is 164 Å². The van der Waals surface area contributed by atoms with Crippen LogP contribution < -0.4 is 5.63 Å². The number of halogens is 1. The number of fused-ring (bicyclic) bond motifs is 1. The molecule has 0 saturated heterocycles. The standard InChI is InChI=1S/C20H15ClN2O3S/c1-2-12-6-7-16-14(10-18(24)25-17(16)8-12)11-27-20-23-22-19(26-20)13-4-3-5-15(21)9-13/h3-10H,2,11H2,1H3. The minimum Gasteiger partial charge on any atom is -0.423 e. The Morgan fingerprint density at radius 2 is 1.96 bits per heavy atom. The average Bonchev–Trinajstić information content (AvgIpc) is 3.14. The normalized spacial score (nSPS) is 11.2. The molecule has 0 unspecified atom stereocenters. The van der Waals surface area contributed by atoms with Crippen LogP contribution in [0.3, 0.4) is 0 Å². The van der Waals surface area contributed by atoms with E-state index < -0.39 is 0 Å². The quantitative estimate of drug-likeness (QED) is 0.333. The van der Waals surface area contributed by atoms with E-state index in [2.05, 4.69) is 17.1 Å². The van der Waals surface area contributed by atoms with Crippen LogP contribution in [0.4, 0.5) is 0 Å². The van der Waals surface area contributed by atoms with Gasteiger partial charge in [0.15, 0.2) is 0 Å². The second-order valence-electron chi connectivity index (χ2n) is 5.95. The number of benzene rings is 2. The second kappa shape index (κ2) is 7.58. The molecular weight excluding hydrogens is 384 g/mol. The highest BCUT2D eigenvalue weighted by Gasteiger charge is 2.12. The van der Waals surface area contributed by atoms with Crippen molar-refractivity contribution in [3.8, 4) is 11.5 Å². The SMILES string of the molecule is CCc1ccc2c(CSc3nnc(-c4cccc(Cl)c4)o3)cc(=O)oc2c1. The van der Waals surface area contributed by atoms with Gasteiger partial charge in [-0.3, -0.25) is 0 Å². The van der Waals surface area contributed by atoms with Gasteiger partial charge < -0.3 is 8.83 Å². The van der Waals surface area contributed by atoms with Gasteiger partial charge in [0.25, 0.3) is 5.22 Å². The molecule has 0 amide bonds. The minimum atomic E-state index is -0.364. The molecule has 0 aliphatic heterocycles. The van der Waals surface area contributed by atoms with Crippen molar-refractivity contribution < 1.29 is 8.83 Å². The van der Waals surface area contributed by atoms with Gasteiger partial charge in [-0.25, -0.2) is 4.79 Å². The van der Waals surface area contributed by atoms with Crippen LogP contribution in [0.25, 0.3) is 22.4 Å². The van der Waals surface area contributed by atoms with Crippen LogP contribution >= 0.6 is 23.4 Å². The number of hydrogen-bond donors (Lipinski definition) is 0. The summed E-state index contributed by atoms with van der Waals surface area (Å²) in [5, 5.41) is 10.1. The molecule has 0 saturated carbocycles. The van der Waals surface area contributed by atoms with Gasteiger partial charge in [0.2, 0.25) is 5.89 Å². The van der Waals surface area contributed by atoms with Crippen LogP contribution in [0.1, 0.15) is 18.1 Å². The number of aromatic nitrogens is 2. The summed E-state index contributed by atoms with van der Waals surface area (Å²) in [7, 11) is 0. The van der Waals surface area contributed by atoms with E-state index in [9.17, 15) is 4.79 Å². The summed E-state index contributed by atoms with van der Waals surface area (Å²) < 4.78 is 11.0. The lowest BCUT2D eigenvalue weighted by Gasteiger charge is -2.05. The third kappa shape index (κ3) is 3.91. The first-order valence-corrected chi connectivity index (χ1v) is 9.76. The van der Waals surface area contributed by atoms with Crippen molar-refractivity contribution in [1.29, 1.82) is 0 Å². The summed E-state index contributed by atoms with van der Waals surface area (Å²) in [6.45, 7) is 2.06. The van der Waals surface area contributed by atoms with Crippen LogP contribution in [-0.4, -0.2) is 10.2 Å². The summed E-state index contributed by atoms with van der Waals surface area (Å²) in [5.41, 5.74) is 2.99. The van der Waals surface area contributed by atoms with Crippen molar-refractivity contribution in [3.05, 3.63) is 75.1 Å². The van der Waals surface area contributed by atoms with Crippen molar-refractivity contribution in [2.24, 2.45) is 0 Å². The van der Waals surface area contributed by atoms with Crippen LogP contribution in [0.5, 0.6) is 0 Å². The minimum absolute atomic E-state index is 0.364. The first-order chi connectivity index (χ1) is 13.1. The van der Waals surface area contributed by atoms with E-state index in [1.807, 2.05) is 30.3 Å². The van der Waals surface area contributed by atoms with Crippen molar-refractivity contribution in [1.82, 2.24) is 10.2 Å². The number of rotatable bonds is 5. The highest BCUT2D eigenvalue weighted by Crippen LogP contribution is 2.29. The summed E-state index contributed by atoms with van der Waals surface area (Å²) in [5.74, 6) is 0.926. The lowest BCUT2D eigenvalue weighted by atomic mass is 10.1. The van der Waals surface area contributed by atoms with Crippen LogP contribution in [0.2, 0.25) is 5.02 Å². The van der Waals surface area contributed by atoms with Gasteiger partial charge in [0.05, 0.1) is 0 Å². The Kier molecular flexibility index (Phi) is 5.01.